The molecule has 0 amide bonds. The van der Waals surface area contributed by atoms with Gasteiger partial charge >= 0.3 is 5.97 Å². The highest BCUT2D eigenvalue weighted by Gasteiger charge is 2.40. The topological polar surface area (TPSA) is 68.1 Å². The molecule has 1 aromatic carbocycles. The second kappa shape index (κ2) is 6.58. The van der Waals surface area contributed by atoms with Crippen molar-refractivity contribution in [3.05, 3.63) is 43.0 Å². The Balaban J connectivity index is 2.94. The molecule has 1 aromatic rings. The van der Waals surface area contributed by atoms with Crippen LogP contribution in [0.1, 0.15) is 13.8 Å². The number of azo groups is 1. The molecule has 0 aromatic heterocycles. The summed E-state index contributed by atoms with van der Waals surface area (Å²) in [4.78, 5) is 23.5. The largest absolute Gasteiger partial charge is 0.459 e. The Morgan fingerprint density at radius 1 is 1.37 bits per heavy atom. The third-order valence-electron chi connectivity index (χ3n) is 2.54. The monoisotopic (exact) mass is 260 g/mol. The number of ketones is 1. The van der Waals surface area contributed by atoms with Crippen LogP contribution in [0.25, 0.3) is 0 Å². The first-order valence-electron chi connectivity index (χ1n) is 5.78. The van der Waals surface area contributed by atoms with Gasteiger partial charge in [0.25, 0.3) is 0 Å². The van der Waals surface area contributed by atoms with Crippen LogP contribution in [-0.4, -0.2) is 23.9 Å². The van der Waals surface area contributed by atoms with E-state index >= 15 is 0 Å². The van der Waals surface area contributed by atoms with Gasteiger partial charge in [-0.2, -0.15) is 10.2 Å². The number of rotatable bonds is 6. The van der Waals surface area contributed by atoms with Crippen molar-refractivity contribution in [3.63, 3.8) is 0 Å². The average molecular weight is 260 g/mol. The minimum atomic E-state index is -1.63. The van der Waals surface area contributed by atoms with Gasteiger partial charge in [0.05, 0.1) is 5.69 Å². The highest BCUT2D eigenvalue weighted by Crippen LogP contribution is 2.19. The maximum atomic E-state index is 11.8. The van der Waals surface area contributed by atoms with Gasteiger partial charge in [-0.05, 0) is 26.0 Å². The Morgan fingerprint density at radius 2 is 2.00 bits per heavy atom. The highest BCUT2D eigenvalue weighted by atomic mass is 16.5. The summed E-state index contributed by atoms with van der Waals surface area (Å²) in [7, 11) is 0. The molecule has 0 N–H and O–H groups in total. The van der Waals surface area contributed by atoms with Crippen LogP contribution in [-0.2, 0) is 14.3 Å². The van der Waals surface area contributed by atoms with Crippen LogP contribution >= 0.6 is 0 Å². The normalized spacial score (nSPS) is 13.8. The van der Waals surface area contributed by atoms with Crippen LogP contribution < -0.4 is 0 Å². The molecule has 5 nitrogen and oxygen atoms in total. The molecular formula is C14H16N2O3. The van der Waals surface area contributed by atoms with Crippen molar-refractivity contribution < 1.29 is 14.3 Å². The summed E-state index contributed by atoms with van der Waals surface area (Å²) in [6.45, 7) is 6.13. The number of hydrogen-bond acceptors (Lipinski definition) is 5. The first-order valence-corrected chi connectivity index (χ1v) is 5.78. The lowest BCUT2D eigenvalue weighted by atomic mass is 9.99. The van der Waals surface area contributed by atoms with Gasteiger partial charge in [-0.1, -0.05) is 30.9 Å². The molecule has 0 heterocycles. The van der Waals surface area contributed by atoms with Crippen molar-refractivity contribution in [2.75, 3.05) is 6.61 Å². The third-order valence-corrected chi connectivity index (χ3v) is 2.54. The van der Waals surface area contributed by atoms with Crippen molar-refractivity contribution in [2.24, 2.45) is 10.2 Å². The molecule has 19 heavy (non-hydrogen) atoms. The summed E-state index contributed by atoms with van der Waals surface area (Å²) < 4.78 is 4.87. The van der Waals surface area contributed by atoms with Crippen LogP contribution in [0, 0.1) is 0 Å². The zero-order valence-electron chi connectivity index (χ0n) is 11.0. The molecule has 1 unspecified atom stereocenters. The van der Waals surface area contributed by atoms with Crippen LogP contribution in [0.5, 0.6) is 0 Å². The predicted octanol–water partition coefficient (Wildman–Crippen LogP) is 2.85. The fourth-order valence-corrected chi connectivity index (χ4v) is 1.18. The fourth-order valence-electron chi connectivity index (χ4n) is 1.18. The molecule has 0 saturated heterocycles. The number of benzene rings is 1. The highest BCUT2D eigenvalue weighted by molar-refractivity contribution is 6.07. The Bertz CT molecular complexity index is 497. The Kier molecular flexibility index (Phi) is 5.11. The van der Waals surface area contributed by atoms with Gasteiger partial charge in [-0.15, -0.1) is 0 Å². The zero-order chi connectivity index (χ0) is 14.3. The van der Waals surface area contributed by atoms with Crippen LogP contribution in [0.3, 0.4) is 0 Å². The van der Waals surface area contributed by atoms with Crippen molar-refractivity contribution in [2.45, 2.75) is 19.4 Å². The van der Waals surface area contributed by atoms with E-state index in [0.29, 0.717) is 5.69 Å². The number of ether oxygens (including phenoxy) is 1. The molecule has 1 rings (SSSR count). The van der Waals surface area contributed by atoms with E-state index in [0.717, 1.165) is 0 Å². The summed E-state index contributed by atoms with van der Waals surface area (Å²) in [6.07, 6.45) is 1.42. The molecular weight excluding hydrogens is 244 g/mol. The number of carbonyl (C=O) groups excluding carboxylic acids is 2. The minimum Gasteiger partial charge on any atom is -0.459 e. The van der Waals surface area contributed by atoms with Gasteiger partial charge < -0.3 is 4.74 Å². The third kappa shape index (κ3) is 3.84. The SMILES string of the molecule is C=CCOC(=O)C(C)(N=Nc1ccccc1)C(C)=O. The number of hydrogen-bond donors (Lipinski definition) is 0. The first kappa shape index (κ1) is 14.8. The number of nitrogens with zero attached hydrogens (tertiary/aromatic N) is 2. The standard InChI is InChI=1S/C14H16N2O3/c1-4-10-19-13(18)14(3,11(2)17)16-15-12-8-6-5-7-9-12/h4-9H,1,10H2,2-3H3. The summed E-state index contributed by atoms with van der Waals surface area (Å²) in [5.74, 6) is -1.17. The summed E-state index contributed by atoms with van der Waals surface area (Å²) in [5, 5.41) is 7.75. The minimum absolute atomic E-state index is 0.0303. The van der Waals surface area contributed by atoms with E-state index in [9.17, 15) is 9.59 Å². The van der Waals surface area contributed by atoms with E-state index in [-0.39, 0.29) is 6.61 Å². The first-order chi connectivity index (χ1) is 9.00. The van der Waals surface area contributed by atoms with Gasteiger partial charge in [-0.3, -0.25) is 4.79 Å². The second-order valence-electron chi connectivity index (χ2n) is 4.05. The molecule has 5 heteroatoms. The van der Waals surface area contributed by atoms with E-state index < -0.39 is 17.3 Å². The van der Waals surface area contributed by atoms with Crippen molar-refractivity contribution in [3.8, 4) is 0 Å². The summed E-state index contributed by atoms with van der Waals surface area (Å²) >= 11 is 0. The predicted molar refractivity (Wildman–Crippen MR) is 71.2 cm³/mol. The fraction of sp³-hybridized carbons (Fsp3) is 0.286. The summed E-state index contributed by atoms with van der Waals surface area (Å²) in [5.41, 5.74) is -1.06. The lowest BCUT2D eigenvalue weighted by molar-refractivity contribution is -0.151. The molecule has 0 saturated carbocycles. The smallest absolute Gasteiger partial charge is 0.343 e. The quantitative estimate of drug-likeness (QED) is 0.342. The van der Waals surface area contributed by atoms with Crippen LogP contribution in [0.4, 0.5) is 5.69 Å². The van der Waals surface area contributed by atoms with Gasteiger partial charge in [0, 0.05) is 0 Å². The van der Waals surface area contributed by atoms with Crippen molar-refractivity contribution >= 4 is 17.4 Å². The number of carbonyl (C=O) groups is 2. The van der Waals surface area contributed by atoms with Gasteiger partial charge in [0.15, 0.2) is 5.78 Å². The Hall–Kier alpha value is -2.30. The number of esters is 1. The maximum absolute atomic E-state index is 11.8. The second-order valence-corrected chi connectivity index (χ2v) is 4.05. The number of Topliss-reactive ketones (excluding diaryl/α,β-unsaturated/α-hetero) is 1. The molecule has 0 radical (unpaired) electrons. The Labute approximate surface area is 112 Å². The van der Waals surface area contributed by atoms with Gasteiger partial charge in [-0.25, -0.2) is 4.79 Å². The zero-order valence-corrected chi connectivity index (χ0v) is 11.0. The van der Waals surface area contributed by atoms with Crippen LogP contribution in [0.2, 0.25) is 0 Å². The molecule has 0 spiro atoms. The molecule has 0 fully saturated rings. The Morgan fingerprint density at radius 3 is 2.53 bits per heavy atom. The lowest BCUT2D eigenvalue weighted by Crippen LogP contribution is -2.41. The van der Waals surface area contributed by atoms with Crippen molar-refractivity contribution in [1.29, 1.82) is 0 Å². The molecule has 0 aliphatic carbocycles. The van der Waals surface area contributed by atoms with E-state index in [1.165, 1.54) is 19.9 Å². The molecule has 0 aliphatic heterocycles. The van der Waals surface area contributed by atoms with Crippen LogP contribution in [0.15, 0.2) is 53.2 Å². The molecule has 1 atom stereocenters. The molecule has 0 bridgehead atoms. The summed E-state index contributed by atoms with van der Waals surface area (Å²) in [6, 6.07) is 8.85. The molecule has 100 valence electrons. The van der Waals surface area contributed by atoms with Gasteiger partial charge in [0.2, 0.25) is 5.54 Å². The average Bonchev–Trinajstić information content (AvgIpc) is 2.42. The van der Waals surface area contributed by atoms with E-state index in [1.54, 1.807) is 24.3 Å². The van der Waals surface area contributed by atoms with E-state index in [1.807, 2.05) is 6.07 Å². The van der Waals surface area contributed by atoms with Crippen molar-refractivity contribution in [1.82, 2.24) is 0 Å². The van der Waals surface area contributed by atoms with E-state index in [2.05, 4.69) is 16.8 Å². The van der Waals surface area contributed by atoms with E-state index in [4.69, 9.17) is 4.74 Å². The maximum Gasteiger partial charge on any atom is 0.343 e. The molecule has 0 aliphatic rings. The lowest BCUT2D eigenvalue weighted by Gasteiger charge is -2.18. The van der Waals surface area contributed by atoms with Gasteiger partial charge in [0.1, 0.15) is 6.61 Å².